The van der Waals surface area contributed by atoms with Gasteiger partial charge in [-0.15, -0.1) is 11.8 Å². The highest BCUT2D eigenvalue weighted by atomic mass is 32.2. The molecular formula is C26H23N3O3S. The molecule has 166 valence electrons. The first kappa shape index (κ1) is 21.3. The number of anilines is 2. The van der Waals surface area contributed by atoms with Crippen LogP contribution in [0.1, 0.15) is 26.9 Å². The Hall–Kier alpha value is -3.58. The van der Waals surface area contributed by atoms with Gasteiger partial charge < -0.3 is 10.2 Å². The maximum Gasteiger partial charge on any atom is 0.258 e. The van der Waals surface area contributed by atoms with E-state index in [1.165, 1.54) is 10.5 Å². The van der Waals surface area contributed by atoms with Crippen LogP contribution < -0.4 is 10.2 Å². The van der Waals surface area contributed by atoms with Crippen molar-refractivity contribution in [2.75, 3.05) is 29.1 Å². The van der Waals surface area contributed by atoms with Crippen LogP contribution >= 0.6 is 11.8 Å². The van der Waals surface area contributed by atoms with Crippen molar-refractivity contribution in [3.05, 3.63) is 95.6 Å². The number of para-hydroxylation sites is 2. The summed E-state index contributed by atoms with van der Waals surface area (Å²) in [6.07, 6.45) is 0.802. The second-order valence-electron chi connectivity index (χ2n) is 8.06. The molecule has 5 rings (SSSR count). The lowest BCUT2D eigenvalue weighted by atomic mass is 10.1. The highest BCUT2D eigenvalue weighted by Gasteiger charge is 2.33. The summed E-state index contributed by atoms with van der Waals surface area (Å²) < 4.78 is 0. The van der Waals surface area contributed by atoms with Crippen LogP contribution in [-0.2, 0) is 16.0 Å². The fourth-order valence-corrected chi connectivity index (χ4v) is 5.45. The zero-order chi connectivity index (χ0) is 22.8. The molecule has 0 bridgehead atoms. The van der Waals surface area contributed by atoms with Gasteiger partial charge in [0, 0.05) is 12.1 Å². The SMILES string of the molecule is O=C1CN(C(=O)c2ccc([C@@H]3SCC(=O)N3CCc3ccccc3)cc2)c2ccccc2N1. The first-order chi connectivity index (χ1) is 16.1. The molecule has 33 heavy (non-hydrogen) atoms. The molecule has 0 aliphatic carbocycles. The van der Waals surface area contributed by atoms with E-state index in [1.54, 1.807) is 30.0 Å². The number of hydrogen-bond donors (Lipinski definition) is 1. The van der Waals surface area contributed by atoms with E-state index in [2.05, 4.69) is 17.4 Å². The van der Waals surface area contributed by atoms with Gasteiger partial charge in [-0.05, 0) is 41.8 Å². The van der Waals surface area contributed by atoms with Crippen molar-refractivity contribution in [2.24, 2.45) is 0 Å². The minimum Gasteiger partial charge on any atom is -0.326 e. The van der Waals surface area contributed by atoms with E-state index >= 15 is 0 Å². The van der Waals surface area contributed by atoms with Crippen LogP contribution in [0.3, 0.4) is 0 Å². The van der Waals surface area contributed by atoms with Crippen molar-refractivity contribution in [1.82, 2.24) is 4.90 Å². The summed E-state index contributed by atoms with van der Waals surface area (Å²) in [6, 6.07) is 24.8. The van der Waals surface area contributed by atoms with Crippen LogP contribution in [0.25, 0.3) is 0 Å². The number of thioether (sulfide) groups is 1. The van der Waals surface area contributed by atoms with Gasteiger partial charge >= 0.3 is 0 Å². The number of hydrogen-bond acceptors (Lipinski definition) is 4. The average molecular weight is 458 g/mol. The molecule has 6 nitrogen and oxygen atoms in total. The van der Waals surface area contributed by atoms with E-state index in [4.69, 9.17) is 0 Å². The van der Waals surface area contributed by atoms with Crippen molar-refractivity contribution < 1.29 is 14.4 Å². The van der Waals surface area contributed by atoms with E-state index in [1.807, 2.05) is 53.4 Å². The van der Waals surface area contributed by atoms with Gasteiger partial charge in [0.2, 0.25) is 11.8 Å². The molecule has 0 unspecified atom stereocenters. The standard InChI is InChI=1S/C26H23N3O3S/c30-23-16-29(22-9-5-4-8-21(22)27-23)25(32)19-10-12-20(13-11-19)26-28(24(31)17-33-26)15-14-18-6-2-1-3-7-18/h1-13,26H,14-17H2,(H,27,30)/t26-/m0/s1. The number of rotatable bonds is 5. The molecule has 2 aliphatic heterocycles. The molecule has 0 saturated carbocycles. The maximum atomic E-state index is 13.2. The molecule has 1 fully saturated rings. The van der Waals surface area contributed by atoms with Gasteiger partial charge in [-0.1, -0.05) is 54.6 Å². The Bertz CT molecular complexity index is 1200. The van der Waals surface area contributed by atoms with Crippen LogP contribution in [0, 0.1) is 0 Å². The predicted octanol–water partition coefficient (Wildman–Crippen LogP) is 4.10. The number of carbonyl (C=O) groups is 3. The molecule has 3 aromatic carbocycles. The van der Waals surface area contributed by atoms with Crippen LogP contribution in [0.15, 0.2) is 78.9 Å². The highest BCUT2D eigenvalue weighted by Crippen LogP contribution is 2.39. The monoisotopic (exact) mass is 457 g/mol. The van der Waals surface area contributed by atoms with Crippen molar-refractivity contribution in [3.63, 3.8) is 0 Å². The lowest BCUT2D eigenvalue weighted by molar-refractivity contribution is -0.128. The van der Waals surface area contributed by atoms with Gasteiger partial charge in [0.15, 0.2) is 0 Å². The fourth-order valence-electron chi connectivity index (χ4n) is 4.23. The van der Waals surface area contributed by atoms with E-state index < -0.39 is 0 Å². The Labute approximate surface area is 196 Å². The summed E-state index contributed by atoms with van der Waals surface area (Å²) in [7, 11) is 0. The average Bonchev–Trinajstić information content (AvgIpc) is 3.22. The second kappa shape index (κ2) is 9.11. The summed E-state index contributed by atoms with van der Waals surface area (Å²) in [4.78, 5) is 41.2. The molecule has 0 radical (unpaired) electrons. The molecule has 2 aliphatic rings. The number of nitrogens with one attached hydrogen (secondary N) is 1. The van der Waals surface area contributed by atoms with Gasteiger partial charge in [0.05, 0.1) is 17.1 Å². The summed E-state index contributed by atoms with van der Waals surface area (Å²) in [6.45, 7) is 0.638. The first-order valence-electron chi connectivity index (χ1n) is 10.9. The van der Waals surface area contributed by atoms with Gasteiger partial charge in [-0.25, -0.2) is 0 Å². The first-order valence-corrected chi connectivity index (χ1v) is 11.9. The van der Waals surface area contributed by atoms with Crippen LogP contribution in [0.2, 0.25) is 0 Å². The van der Waals surface area contributed by atoms with E-state index in [-0.39, 0.29) is 29.6 Å². The van der Waals surface area contributed by atoms with Gasteiger partial charge in [0.25, 0.3) is 5.91 Å². The molecular weight excluding hydrogens is 434 g/mol. The predicted molar refractivity (Wildman–Crippen MR) is 130 cm³/mol. The zero-order valence-electron chi connectivity index (χ0n) is 17.9. The lowest BCUT2D eigenvalue weighted by Gasteiger charge is -2.29. The summed E-state index contributed by atoms with van der Waals surface area (Å²) in [5, 5.41) is 2.74. The maximum absolute atomic E-state index is 13.2. The van der Waals surface area contributed by atoms with E-state index in [0.717, 1.165) is 12.0 Å². The largest absolute Gasteiger partial charge is 0.326 e. The van der Waals surface area contributed by atoms with E-state index in [0.29, 0.717) is 29.2 Å². The zero-order valence-corrected chi connectivity index (χ0v) is 18.8. The van der Waals surface area contributed by atoms with Gasteiger partial charge in [0.1, 0.15) is 11.9 Å². The topological polar surface area (TPSA) is 69.7 Å². The summed E-state index contributed by atoms with van der Waals surface area (Å²) >= 11 is 1.61. The second-order valence-corrected chi connectivity index (χ2v) is 9.13. The van der Waals surface area contributed by atoms with Crippen molar-refractivity contribution in [3.8, 4) is 0 Å². The lowest BCUT2D eigenvalue weighted by Crippen LogP contribution is -2.42. The molecule has 1 N–H and O–H groups in total. The smallest absolute Gasteiger partial charge is 0.258 e. The molecule has 0 aromatic heterocycles. The molecule has 0 spiro atoms. The van der Waals surface area contributed by atoms with Crippen LogP contribution in [0.4, 0.5) is 11.4 Å². The summed E-state index contributed by atoms with van der Waals surface area (Å²) in [5.41, 5.74) is 4.03. The number of benzene rings is 3. The third-order valence-corrected chi connectivity index (χ3v) is 7.17. The minimum absolute atomic E-state index is 0.0160. The number of amides is 3. The minimum atomic E-state index is -0.222. The third-order valence-electron chi connectivity index (χ3n) is 5.91. The Balaban J connectivity index is 1.32. The molecule has 7 heteroatoms. The molecule has 3 amide bonds. The number of fused-ring (bicyclic) bond motifs is 1. The normalized spacial score (nSPS) is 17.6. The molecule has 1 atom stereocenters. The van der Waals surface area contributed by atoms with Crippen LogP contribution in [0.5, 0.6) is 0 Å². The van der Waals surface area contributed by atoms with Crippen molar-refractivity contribution in [1.29, 1.82) is 0 Å². The third kappa shape index (κ3) is 4.36. The van der Waals surface area contributed by atoms with Crippen LogP contribution in [-0.4, -0.2) is 41.5 Å². The van der Waals surface area contributed by atoms with Crippen molar-refractivity contribution in [2.45, 2.75) is 11.8 Å². The molecule has 2 heterocycles. The molecule has 3 aromatic rings. The Morgan fingerprint density at radius 2 is 1.67 bits per heavy atom. The Morgan fingerprint density at radius 3 is 2.45 bits per heavy atom. The quantitative estimate of drug-likeness (QED) is 0.626. The number of nitrogens with zero attached hydrogens (tertiary/aromatic N) is 2. The Kier molecular flexibility index (Phi) is 5.88. The van der Waals surface area contributed by atoms with Crippen molar-refractivity contribution >= 4 is 40.9 Å². The number of carbonyl (C=O) groups excluding carboxylic acids is 3. The van der Waals surface area contributed by atoms with Gasteiger partial charge in [-0.2, -0.15) is 0 Å². The summed E-state index contributed by atoms with van der Waals surface area (Å²) in [5.74, 6) is 0.158. The fraction of sp³-hybridized carbons (Fsp3) is 0.192. The highest BCUT2D eigenvalue weighted by molar-refractivity contribution is 8.00. The van der Waals surface area contributed by atoms with E-state index in [9.17, 15) is 14.4 Å². The Morgan fingerprint density at radius 1 is 0.939 bits per heavy atom. The van der Waals surface area contributed by atoms with Gasteiger partial charge in [-0.3, -0.25) is 19.3 Å². The molecule has 1 saturated heterocycles.